The number of nitrogens with zero attached hydrogens (tertiary/aromatic N) is 3. The molecule has 2 amide bonds. The standard InChI is InChI=1S/C17H16N4O2/c1-12-15(16(22)19-11-13-6-5-9-18-10-13)17(23)21(20-12)14-7-3-2-4-8-14/h2-10,15H,11H2,1H3,(H,19,22). The molecule has 6 heteroatoms. The summed E-state index contributed by atoms with van der Waals surface area (Å²) >= 11 is 0. The highest BCUT2D eigenvalue weighted by atomic mass is 16.2. The molecule has 0 saturated heterocycles. The van der Waals surface area contributed by atoms with Crippen LogP contribution in [0.15, 0.2) is 60.0 Å². The Morgan fingerprint density at radius 2 is 2.00 bits per heavy atom. The van der Waals surface area contributed by atoms with Gasteiger partial charge >= 0.3 is 0 Å². The van der Waals surface area contributed by atoms with Gasteiger partial charge < -0.3 is 5.32 Å². The van der Waals surface area contributed by atoms with Crippen molar-refractivity contribution in [2.45, 2.75) is 13.5 Å². The van der Waals surface area contributed by atoms with Crippen LogP contribution >= 0.6 is 0 Å². The summed E-state index contributed by atoms with van der Waals surface area (Å²) in [5.74, 6) is -1.57. The number of para-hydroxylation sites is 1. The van der Waals surface area contributed by atoms with Crippen molar-refractivity contribution in [2.75, 3.05) is 5.01 Å². The Hall–Kier alpha value is -3.02. The largest absolute Gasteiger partial charge is 0.351 e. The molecule has 0 fully saturated rings. The highest BCUT2D eigenvalue weighted by Gasteiger charge is 2.39. The van der Waals surface area contributed by atoms with E-state index in [1.54, 1.807) is 37.5 Å². The van der Waals surface area contributed by atoms with Crippen LogP contribution in [0, 0.1) is 5.92 Å². The summed E-state index contributed by atoms with van der Waals surface area (Å²) in [6, 6.07) is 12.7. The van der Waals surface area contributed by atoms with Gasteiger partial charge in [-0.1, -0.05) is 24.3 Å². The van der Waals surface area contributed by atoms with Crippen molar-refractivity contribution in [3.63, 3.8) is 0 Å². The SMILES string of the molecule is CC1=NN(c2ccccc2)C(=O)C1C(=O)NCc1cccnc1. The smallest absolute Gasteiger partial charge is 0.265 e. The third kappa shape index (κ3) is 3.11. The number of nitrogens with one attached hydrogen (secondary N) is 1. The molecule has 23 heavy (non-hydrogen) atoms. The zero-order valence-corrected chi connectivity index (χ0v) is 12.6. The van der Waals surface area contributed by atoms with Gasteiger partial charge in [-0.05, 0) is 30.7 Å². The molecule has 2 aromatic rings. The first-order valence-electron chi connectivity index (χ1n) is 7.27. The van der Waals surface area contributed by atoms with Crippen LogP contribution in [0.1, 0.15) is 12.5 Å². The van der Waals surface area contributed by atoms with Gasteiger partial charge in [-0.2, -0.15) is 10.1 Å². The van der Waals surface area contributed by atoms with Crippen LogP contribution in [0.2, 0.25) is 0 Å². The van der Waals surface area contributed by atoms with Gasteiger partial charge in [0.25, 0.3) is 5.91 Å². The number of rotatable bonds is 4. The minimum atomic E-state index is -0.883. The molecule has 6 nitrogen and oxygen atoms in total. The monoisotopic (exact) mass is 308 g/mol. The fraction of sp³-hybridized carbons (Fsp3) is 0.176. The van der Waals surface area contributed by atoms with Gasteiger partial charge in [-0.25, -0.2) is 0 Å². The maximum Gasteiger partial charge on any atom is 0.265 e. The fourth-order valence-electron chi connectivity index (χ4n) is 2.42. The second kappa shape index (κ2) is 6.39. The van der Waals surface area contributed by atoms with Crippen LogP contribution in [-0.2, 0) is 16.1 Å². The molecule has 0 aliphatic carbocycles. The molecule has 0 radical (unpaired) electrons. The molecule has 1 aliphatic rings. The quantitative estimate of drug-likeness (QED) is 0.874. The summed E-state index contributed by atoms with van der Waals surface area (Å²) in [5, 5.41) is 8.27. The zero-order chi connectivity index (χ0) is 16.2. The molecule has 1 aliphatic heterocycles. The summed E-state index contributed by atoms with van der Waals surface area (Å²) in [4.78, 5) is 28.9. The lowest BCUT2D eigenvalue weighted by atomic mass is 10.0. The van der Waals surface area contributed by atoms with Gasteiger partial charge in [0.1, 0.15) is 0 Å². The Morgan fingerprint density at radius 3 is 2.70 bits per heavy atom. The van der Waals surface area contributed by atoms with E-state index in [4.69, 9.17) is 0 Å². The lowest BCUT2D eigenvalue weighted by molar-refractivity contribution is -0.130. The van der Waals surface area contributed by atoms with E-state index in [-0.39, 0.29) is 11.8 Å². The van der Waals surface area contributed by atoms with Crippen molar-refractivity contribution in [3.8, 4) is 0 Å². The summed E-state index contributed by atoms with van der Waals surface area (Å²) in [6.45, 7) is 2.02. The first-order valence-corrected chi connectivity index (χ1v) is 7.27. The van der Waals surface area contributed by atoms with E-state index in [1.807, 2.05) is 24.3 Å². The highest BCUT2D eigenvalue weighted by molar-refractivity contribution is 6.26. The molecule has 0 saturated carbocycles. The molecule has 0 spiro atoms. The number of anilines is 1. The van der Waals surface area contributed by atoms with Crippen molar-refractivity contribution >= 4 is 23.2 Å². The maximum absolute atomic E-state index is 12.5. The number of carbonyl (C=O) groups is 2. The summed E-state index contributed by atoms with van der Waals surface area (Å²) in [5.41, 5.74) is 2.02. The van der Waals surface area contributed by atoms with Crippen molar-refractivity contribution in [1.82, 2.24) is 10.3 Å². The molecule has 1 atom stereocenters. The molecule has 1 aromatic heterocycles. The lowest BCUT2D eigenvalue weighted by Gasteiger charge is -2.14. The van der Waals surface area contributed by atoms with Crippen LogP contribution in [0.5, 0.6) is 0 Å². The normalized spacial score (nSPS) is 17.1. The second-order valence-electron chi connectivity index (χ2n) is 5.24. The predicted molar refractivity (Wildman–Crippen MR) is 86.6 cm³/mol. The minimum absolute atomic E-state index is 0.328. The molecule has 1 aromatic carbocycles. The number of pyridine rings is 1. The molecule has 3 rings (SSSR count). The Kier molecular flexibility index (Phi) is 4.14. The molecule has 2 heterocycles. The Labute approximate surface area is 133 Å². The molecule has 1 unspecified atom stereocenters. The molecule has 1 N–H and O–H groups in total. The van der Waals surface area contributed by atoms with Gasteiger partial charge in [0.15, 0.2) is 5.92 Å². The van der Waals surface area contributed by atoms with E-state index in [1.165, 1.54) is 5.01 Å². The third-order valence-electron chi connectivity index (χ3n) is 3.58. The van der Waals surface area contributed by atoms with Crippen LogP contribution in [-0.4, -0.2) is 22.5 Å². The summed E-state index contributed by atoms with van der Waals surface area (Å²) < 4.78 is 0. The van der Waals surface area contributed by atoms with Crippen molar-refractivity contribution < 1.29 is 9.59 Å². The summed E-state index contributed by atoms with van der Waals surface area (Å²) in [7, 11) is 0. The predicted octanol–water partition coefficient (Wildman–Crippen LogP) is 1.74. The highest BCUT2D eigenvalue weighted by Crippen LogP contribution is 2.23. The average Bonchev–Trinajstić information content (AvgIpc) is 2.89. The van der Waals surface area contributed by atoms with Gasteiger partial charge in [-0.3, -0.25) is 14.6 Å². The minimum Gasteiger partial charge on any atom is -0.351 e. The molecular weight excluding hydrogens is 292 g/mol. The summed E-state index contributed by atoms with van der Waals surface area (Å²) in [6.07, 6.45) is 3.34. The van der Waals surface area contributed by atoms with E-state index in [2.05, 4.69) is 15.4 Å². The number of hydrazone groups is 1. The number of carbonyl (C=O) groups excluding carboxylic acids is 2. The lowest BCUT2D eigenvalue weighted by Crippen LogP contribution is -2.39. The molecule has 0 bridgehead atoms. The zero-order valence-electron chi connectivity index (χ0n) is 12.6. The van der Waals surface area contributed by atoms with Gasteiger partial charge in [0.2, 0.25) is 5.91 Å². The number of hydrogen-bond acceptors (Lipinski definition) is 4. The Bertz CT molecular complexity index is 744. The van der Waals surface area contributed by atoms with Crippen molar-refractivity contribution in [1.29, 1.82) is 0 Å². The second-order valence-corrected chi connectivity index (χ2v) is 5.24. The average molecular weight is 308 g/mol. The number of hydrogen-bond donors (Lipinski definition) is 1. The first kappa shape index (κ1) is 14.9. The topological polar surface area (TPSA) is 74.7 Å². The van der Waals surface area contributed by atoms with Crippen molar-refractivity contribution in [2.24, 2.45) is 11.0 Å². The van der Waals surface area contributed by atoms with Crippen molar-refractivity contribution in [3.05, 3.63) is 60.4 Å². The van der Waals surface area contributed by atoms with Crippen LogP contribution in [0.25, 0.3) is 0 Å². The van der Waals surface area contributed by atoms with E-state index in [9.17, 15) is 9.59 Å². The maximum atomic E-state index is 12.5. The first-order chi connectivity index (χ1) is 11.2. The van der Waals surface area contributed by atoms with Gasteiger partial charge in [-0.15, -0.1) is 0 Å². The number of aromatic nitrogens is 1. The van der Waals surface area contributed by atoms with Crippen LogP contribution in [0.4, 0.5) is 5.69 Å². The number of benzene rings is 1. The molecule has 116 valence electrons. The van der Waals surface area contributed by atoms with E-state index in [0.29, 0.717) is 17.9 Å². The molecular formula is C17H16N4O2. The Balaban J connectivity index is 1.70. The van der Waals surface area contributed by atoms with E-state index < -0.39 is 5.92 Å². The Morgan fingerprint density at radius 1 is 1.22 bits per heavy atom. The third-order valence-corrected chi connectivity index (χ3v) is 3.58. The number of amides is 2. The van der Waals surface area contributed by atoms with Crippen LogP contribution < -0.4 is 10.3 Å². The van der Waals surface area contributed by atoms with E-state index >= 15 is 0 Å². The van der Waals surface area contributed by atoms with E-state index in [0.717, 1.165) is 5.56 Å². The van der Waals surface area contributed by atoms with Crippen LogP contribution in [0.3, 0.4) is 0 Å². The van der Waals surface area contributed by atoms with Gasteiger partial charge in [0, 0.05) is 18.9 Å². The van der Waals surface area contributed by atoms with Gasteiger partial charge in [0.05, 0.1) is 11.4 Å². The fourth-order valence-corrected chi connectivity index (χ4v) is 2.42.